The van der Waals surface area contributed by atoms with Crippen LogP contribution in [0.15, 0.2) is 54.6 Å². The summed E-state index contributed by atoms with van der Waals surface area (Å²) < 4.78 is 0. The Balaban J connectivity index is 2.28. The summed E-state index contributed by atoms with van der Waals surface area (Å²) in [5.41, 5.74) is 2.25. The topological polar surface area (TPSA) is 44.0 Å². The Morgan fingerprint density at radius 3 is 2.00 bits per heavy atom. The first kappa shape index (κ1) is 10.4. The lowest BCUT2D eigenvalue weighted by Gasteiger charge is -2.10. The second-order valence-electron chi connectivity index (χ2n) is 3.55. The highest BCUT2D eigenvalue weighted by atomic mass is 16.3. The molecular weight excluding hydrogens is 198 g/mol. The zero-order valence-corrected chi connectivity index (χ0v) is 8.67. The molecule has 0 aliphatic heterocycles. The number of hydrogen-bond acceptors (Lipinski definition) is 2. The summed E-state index contributed by atoms with van der Waals surface area (Å²) in [7, 11) is 0. The molecule has 16 heavy (non-hydrogen) atoms. The summed E-state index contributed by atoms with van der Waals surface area (Å²) in [6, 6.07) is 18.5. The van der Waals surface area contributed by atoms with Gasteiger partial charge < -0.3 is 5.11 Å². The number of aliphatic hydroxyl groups excluding tert-OH is 1. The molecule has 0 amide bonds. The van der Waals surface area contributed by atoms with E-state index >= 15 is 0 Å². The Hall–Kier alpha value is -2.11. The summed E-state index contributed by atoms with van der Waals surface area (Å²) in [5.74, 6) is 0. The molecule has 0 radical (unpaired) electrons. The quantitative estimate of drug-likeness (QED) is 0.826. The zero-order chi connectivity index (χ0) is 11.4. The van der Waals surface area contributed by atoms with E-state index in [0.717, 1.165) is 11.1 Å². The average molecular weight is 209 g/mol. The standard InChI is InChI=1S/C14H11NO/c15-10-11-6-8-13(9-7-11)14(16)12-4-2-1-3-5-12/h1-9,14,16H/t14-/m0/s1. The van der Waals surface area contributed by atoms with Crippen molar-refractivity contribution in [3.8, 4) is 6.07 Å². The zero-order valence-electron chi connectivity index (χ0n) is 8.67. The van der Waals surface area contributed by atoms with Gasteiger partial charge in [0.25, 0.3) is 0 Å². The molecule has 0 heterocycles. The predicted molar refractivity (Wildman–Crippen MR) is 61.7 cm³/mol. The van der Waals surface area contributed by atoms with Gasteiger partial charge in [0, 0.05) is 0 Å². The van der Waals surface area contributed by atoms with E-state index in [1.54, 1.807) is 24.3 Å². The van der Waals surface area contributed by atoms with Crippen molar-refractivity contribution >= 4 is 0 Å². The van der Waals surface area contributed by atoms with Crippen molar-refractivity contribution in [3.05, 3.63) is 71.3 Å². The molecule has 0 spiro atoms. The molecule has 2 aromatic carbocycles. The van der Waals surface area contributed by atoms with Gasteiger partial charge in [-0.25, -0.2) is 0 Å². The van der Waals surface area contributed by atoms with Crippen LogP contribution < -0.4 is 0 Å². The van der Waals surface area contributed by atoms with Crippen LogP contribution in [0.25, 0.3) is 0 Å². The largest absolute Gasteiger partial charge is 0.384 e. The molecule has 1 atom stereocenters. The van der Waals surface area contributed by atoms with Gasteiger partial charge >= 0.3 is 0 Å². The van der Waals surface area contributed by atoms with Gasteiger partial charge in [-0.1, -0.05) is 42.5 Å². The molecule has 2 heteroatoms. The van der Waals surface area contributed by atoms with Crippen LogP contribution >= 0.6 is 0 Å². The number of benzene rings is 2. The smallest absolute Gasteiger partial charge is 0.104 e. The van der Waals surface area contributed by atoms with Crippen LogP contribution in [0.1, 0.15) is 22.8 Å². The fourth-order valence-corrected chi connectivity index (χ4v) is 1.57. The van der Waals surface area contributed by atoms with E-state index in [0.29, 0.717) is 5.56 Å². The minimum absolute atomic E-state index is 0.601. The molecule has 2 aromatic rings. The van der Waals surface area contributed by atoms with Crippen LogP contribution in [-0.4, -0.2) is 5.11 Å². The molecule has 2 nitrogen and oxygen atoms in total. The Kier molecular flexibility index (Phi) is 3.00. The third-order valence-corrected chi connectivity index (χ3v) is 2.47. The number of aliphatic hydroxyl groups is 1. The molecule has 0 aliphatic rings. The molecule has 0 saturated heterocycles. The van der Waals surface area contributed by atoms with Crippen LogP contribution in [0.4, 0.5) is 0 Å². The lowest BCUT2D eigenvalue weighted by Crippen LogP contribution is -1.98. The van der Waals surface area contributed by atoms with Gasteiger partial charge in [0.1, 0.15) is 6.10 Å². The first-order valence-corrected chi connectivity index (χ1v) is 5.04. The molecular formula is C14H11NO. The monoisotopic (exact) mass is 209 g/mol. The van der Waals surface area contributed by atoms with Crippen molar-refractivity contribution in [3.63, 3.8) is 0 Å². The van der Waals surface area contributed by atoms with Crippen molar-refractivity contribution in [1.82, 2.24) is 0 Å². The molecule has 2 rings (SSSR count). The summed E-state index contributed by atoms with van der Waals surface area (Å²) in [4.78, 5) is 0. The molecule has 0 saturated carbocycles. The van der Waals surface area contributed by atoms with Crippen molar-refractivity contribution in [2.45, 2.75) is 6.10 Å². The van der Waals surface area contributed by atoms with Gasteiger partial charge in [-0.05, 0) is 23.3 Å². The third kappa shape index (κ3) is 2.10. The predicted octanol–water partition coefficient (Wildman–Crippen LogP) is 2.64. The van der Waals surface area contributed by atoms with E-state index in [-0.39, 0.29) is 0 Å². The number of rotatable bonds is 2. The van der Waals surface area contributed by atoms with E-state index in [1.807, 2.05) is 30.3 Å². The van der Waals surface area contributed by atoms with Crippen molar-refractivity contribution < 1.29 is 5.11 Å². The van der Waals surface area contributed by atoms with Crippen LogP contribution in [0, 0.1) is 11.3 Å². The maximum absolute atomic E-state index is 10.1. The Labute approximate surface area is 94.4 Å². The van der Waals surface area contributed by atoms with E-state index in [2.05, 4.69) is 6.07 Å². The Morgan fingerprint density at radius 2 is 1.44 bits per heavy atom. The summed E-state index contributed by atoms with van der Waals surface area (Å²) in [6.45, 7) is 0. The highest BCUT2D eigenvalue weighted by molar-refractivity contribution is 5.35. The number of nitriles is 1. The van der Waals surface area contributed by atoms with Crippen LogP contribution in [-0.2, 0) is 0 Å². The van der Waals surface area contributed by atoms with Crippen molar-refractivity contribution in [2.24, 2.45) is 0 Å². The molecule has 0 bridgehead atoms. The molecule has 0 aromatic heterocycles. The van der Waals surface area contributed by atoms with Crippen LogP contribution in [0.2, 0.25) is 0 Å². The highest BCUT2D eigenvalue weighted by Gasteiger charge is 2.08. The maximum Gasteiger partial charge on any atom is 0.104 e. The lowest BCUT2D eigenvalue weighted by atomic mass is 10.0. The van der Waals surface area contributed by atoms with E-state index < -0.39 is 6.10 Å². The summed E-state index contributed by atoms with van der Waals surface area (Å²) in [6.07, 6.45) is -0.631. The number of hydrogen-bond donors (Lipinski definition) is 1. The first-order valence-electron chi connectivity index (χ1n) is 5.04. The fourth-order valence-electron chi connectivity index (χ4n) is 1.57. The van der Waals surface area contributed by atoms with Crippen LogP contribution in [0.5, 0.6) is 0 Å². The lowest BCUT2D eigenvalue weighted by molar-refractivity contribution is 0.220. The first-order chi connectivity index (χ1) is 7.81. The van der Waals surface area contributed by atoms with Crippen molar-refractivity contribution in [1.29, 1.82) is 5.26 Å². The summed E-state index contributed by atoms with van der Waals surface area (Å²) in [5, 5.41) is 18.7. The van der Waals surface area contributed by atoms with Crippen molar-refractivity contribution in [2.75, 3.05) is 0 Å². The molecule has 78 valence electrons. The van der Waals surface area contributed by atoms with Gasteiger partial charge in [0.05, 0.1) is 11.6 Å². The van der Waals surface area contributed by atoms with Gasteiger partial charge in [-0.2, -0.15) is 5.26 Å². The van der Waals surface area contributed by atoms with Gasteiger partial charge in [-0.15, -0.1) is 0 Å². The third-order valence-electron chi connectivity index (χ3n) is 2.47. The molecule has 0 aliphatic carbocycles. The Bertz CT molecular complexity index is 497. The summed E-state index contributed by atoms with van der Waals surface area (Å²) >= 11 is 0. The average Bonchev–Trinajstić information content (AvgIpc) is 2.39. The second kappa shape index (κ2) is 4.61. The van der Waals surface area contributed by atoms with E-state index in [9.17, 15) is 5.11 Å². The van der Waals surface area contributed by atoms with E-state index in [1.165, 1.54) is 0 Å². The SMILES string of the molecule is N#Cc1ccc([C@@H](O)c2ccccc2)cc1. The second-order valence-corrected chi connectivity index (χ2v) is 3.55. The minimum Gasteiger partial charge on any atom is -0.384 e. The molecule has 0 unspecified atom stereocenters. The minimum atomic E-state index is -0.631. The molecule has 1 N–H and O–H groups in total. The molecule has 0 fully saturated rings. The van der Waals surface area contributed by atoms with E-state index in [4.69, 9.17) is 5.26 Å². The van der Waals surface area contributed by atoms with Gasteiger partial charge in [-0.3, -0.25) is 0 Å². The fraction of sp³-hybridized carbons (Fsp3) is 0.0714. The Morgan fingerprint density at radius 1 is 0.875 bits per heavy atom. The highest BCUT2D eigenvalue weighted by Crippen LogP contribution is 2.21. The van der Waals surface area contributed by atoms with Gasteiger partial charge in [0.2, 0.25) is 0 Å². The van der Waals surface area contributed by atoms with Crippen LogP contribution in [0.3, 0.4) is 0 Å². The maximum atomic E-state index is 10.1. The van der Waals surface area contributed by atoms with Gasteiger partial charge in [0.15, 0.2) is 0 Å². The normalized spacial score (nSPS) is 11.8. The number of nitrogens with zero attached hydrogens (tertiary/aromatic N) is 1.